The molecule has 2 fully saturated rings. The van der Waals surface area contributed by atoms with E-state index in [1.165, 1.54) is 17.7 Å². The second-order valence-electron chi connectivity index (χ2n) is 10.8. The number of amides is 1. The second kappa shape index (κ2) is 12.7. The Balaban J connectivity index is 1.32. The van der Waals surface area contributed by atoms with E-state index in [1.54, 1.807) is 4.90 Å². The summed E-state index contributed by atoms with van der Waals surface area (Å²) in [6.07, 6.45) is -1.05. The van der Waals surface area contributed by atoms with Crippen LogP contribution in [-0.2, 0) is 28.7 Å². The van der Waals surface area contributed by atoms with Crippen LogP contribution in [0.4, 0.5) is 13.2 Å². The van der Waals surface area contributed by atoms with Gasteiger partial charge in [-0.1, -0.05) is 48.0 Å². The predicted molar refractivity (Wildman–Crippen MR) is 143 cm³/mol. The zero-order chi connectivity index (χ0) is 28.0. The van der Waals surface area contributed by atoms with Crippen LogP contribution in [0.15, 0.2) is 48.5 Å². The van der Waals surface area contributed by atoms with Crippen LogP contribution in [0.3, 0.4) is 0 Å². The molecule has 0 aromatic heterocycles. The number of alkyl halides is 3. The van der Waals surface area contributed by atoms with Gasteiger partial charge in [0.1, 0.15) is 0 Å². The highest BCUT2D eigenvalue weighted by molar-refractivity contribution is 6.31. The number of hydrogen-bond acceptors (Lipinski definition) is 4. The van der Waals surface area contributed by atoms with Gasteiger partial charge in [-0.2, -0.15) is 13.2 Å². The van der Waals surface area contributed by atoms with E-state index in [0.29, 0.717) is 6.54 Å². The summed E-state index contributed by atoms with van der Waals surface area (Å²) in [4.78, 5) is 29.3. The largest absolute Gasteiger partial charge is 0.481 e. The van der Waals surface area contributed by atoms with Gasteiger partial charge >= 0.3 is 12.1 Å². The van der Waals surface area contributed by atoms with Crippen LogP contribution in [0.5, 0.6) is 0 Å². The number of carbonyl (C=O) groups is 2. The molecular weight excluding hydrogens is 531 g/mol. The van der Waals surface area contributed by atoms with E-state index in [-0.39, 0.29) is 48.5 Å². The number of piperidine rings is 1. The number of halogens is 4. The van der Waals surface area contributed by atoms with Gasteiger partial charge in [-0.3, -0.25) is 14.5 Å². The minimum Gasteiger partial charge on any atom is -0.481 e. The van der Waals surface area contributed by atoms with E-state index in [0.717, 1.165) is 51.4 Å². The Morgan fingerprint density at radius 1 is 1.03 bits per heavy atom. The number of benzene rings is 2. The SMILES string of the molecule is O=C(O)C[C@]1(C(=O)NC2CCN(CCCc3ccccc3)CC2)CCN(Cc2c(Cl)cccc2C(F)(F)F)C1. The van der Waals surface area contributed by atoms with Crippen LogP contribution in [0.2, 0.25) is 5.02 Å². The fourth-order valence-corrected chi connectivity index (χ4v) is 6.03. The van der Waals surface area contributed by atoms with E-state index in [4.69, 9.17) is 11.6 Å². The monoisotopic (exact) mass is 565 g/mol. The van der Waals surface area contributed by atoms with Crippen LogP contribution < -0.4 is 5.32 Å². The smallest absolute Gasteiger partial charge is 0.416 e. The maximum atomic E-state index is 13.6. The molecule has 0 bridgehead atoms. The van der Waals surface area contributed by atoms with E-state index in [1.807, 2.05) is 18.2 Å². The second-order valence-corrected chi connectivity index (χ2v) is 11.2. The van der Waals surface area contributed by atoms with Crippen molar-refractivity contribution in [1.29, 1.82) is 0 Å². The summed E-state index contributed by atoms with van der Waals surface area (Å²) in [5.41, 5.74) is -0.750. The molecule has 6 nitrogen and oxygen atoms in total. The summed E-state index contributed by atoms with van der Waals surface area (Å²) in [7, 11) is 0. The van der Waals surface area contributed by atoms with E-state index in [9.17, 15) is 27.9 Å². The minimum atomic E-state index is -4.56. The van der Waals surface area contributed by atoms with Gasteiger partial charge in [0.25, 0.3) is 0 Å². The lowest BCUT2D eigenvalue weighted by atomic mass is 9.82. The molecule has 2 N–H and O–H groups in total. The Morgan fingerprint density at radius 3 is 2.41 bits per heavy atom. The number of aliphatic carboxylic acids is 1. The minimum absolute atomic E-state index is 0.000499. The molecule has 2 saturated heterocycles. The van der Waals surface area contributed by atoms with Crippen molar-refractivity contribution >= 4 is 23.5 Å². The Kier molecular flexibility index (Phi) is 9.56. The van der Waals surface area contributed by atoms with Crippen LogP contribution >= 0.6 is 11.6 Å². The molecule has 0 saturated carbocycles. The third-order valence-corrected chi connectivity index (χ3v) is 8.27. The summed E-state index contributed by atoms with van der Waals surface area (Å²) < 4.78 is 40.7. The van der Waals surface area contributed by atoms with Crippen molar-refractivity contribution in [3.05, 3.63) is 70.2 Å². The molecule has 2 aromatic carbocycles. The third kappa shape index (κ3) is 7.74. The summed E-state index contributed by atoms with van der Waals surface area (Å²) >= 11 is 6.13. The number of carbonyl (C=O) groups excluding carboxylic acids is 1. The predicted octanol–water partition coefficient (Wildman–Crippen LogP) is 5.24. The first kappa shape index (κ1) is 29.4. The van der Waals surface area contributed by atoms with Crippen LogP contribution in [-0.4, -0.2) is 65.5 Å². The van der Waals surface area contributed by atoms with E-state index >= 15 is 0 Å². The normalized spacial score (nSPS) is 21.2. The first-order valence-corrected chi connectivity index (χ1v) is 13.8. The quantitative estimate of drug-likeness (QED) is 0.412. The first-order chi connectivity index (χ1) is 18.6. The summed E-state index contributed by atoms with van der Waals surface area (Å²) in [5, 5.41) is 12.7. The topological polar surface area (TPSA) is 72.9 Å². The number of carboxylic acid groups (broad SMARTS) is 1. The molecule has 10 heteroatoms. The molecule has 39 heavy (non-hydrogen) atoms. The number of carboxylic acids is 1. The lowest BCUT2D eigenvalue weighted by Crippen LogP contribution is -2.51. The Hall–Kier alpha value is -2.62. The zero-order valence-electron chi connectivity index (χ0n) is 21.9. The van der Waals surface area contributed by atoms with Gasteiger partial charge in [0.2, 0.25) is 5.91 Å². The maximum Gasteiger partial charge on any atom is 0.416 e. The van der Waals surface area contributed by atoms with Gasteiger partial charge in [0.05, 0.1) is 17.4 Å². The molecule has 2 aliphatic rings. The first-order valence-electron chi connectivity index (χ1n) is 13.4. The van der Waals surface area contributed by atoms with Crippen molar-refractivity contribution in [3.63, 3.8) is 0 Å². The molecule has 212 valence electrons. The molecule has 2 aromatic rings. The standard InChI is InChI=1S/C29H35ClF3N3O3/c30-25-10-4-9-24(29(31,32)33)23(25)19-36-17-13-28(20-36,18-26(37)38)27(39)34-22-11-15-35(16-12-22)14-5-8-21-6-2-1-3-7-21/h1-4,6-7,9-10,22H,5,8,11-20H2,(H,34,39)(H,37,38)/t28-/m1/s1. The number of likely N-dealkylation sites (tertiary alicyclic amines) is 2. The number of hydrogen-bond donors (Lipinski definition) is 2. The van der Waals surface area contributed by atoms with Crippen molar-refractivity contribution in [2.45, 2.75) is 57.3 Å². The van der Waals surface area contributed by atoms with Gasteiger partial charge in [-0.25, -0.2) is 0 Å². The van der Waals surface area contributed by atoms with Gasteiger partial charge in [0, 0.05) is 37.2 Å². The molecule has 4 rings (SSSR count). The van der Waals surface area contributed by atoms with Gasteiger partial charge in [-0.15, -0.1) is 0 Å². The van der Waals surface area contributed by atoms with Gasteiger partial charge in [-0.05, 0) is 68.5 Å². The molecule has 0 aliphatic carbocycles. The molecule has 2 aliphatic heterocycles. The average Bonchev–Trinajstić information content (AvgIpc) is 3.29. The average molecular weight is 566 g/mol. The fourth-order valence-electron chi connectivity index (χ4n) is 5.79. The summed E-state index contributed by atoms with van der Waals surface area (Å²) in [6, 6.07) is 14.0. The molecule has 0 radical (unpaired) electrons. The number of rotatable bonds is 10. The molecular formula is C29H35ClF3N3O3. The molecule has 1 amide bonds. The lowest BCUT2D eigenvalue weighted by molar-refractivity contribution is -0.145. The van der Waals surface area contributed by atoms with Gasteiger partial charge < -0.3 is 15.3 Å². The Morgan fingerprint density at radius 2 is 1.74 bits per heavy atom. The van der Waals surface area contributed by atoms with Crippen molar-refractivity contribution in [3.8, 4) is 0 Å². The highest BCUT2D eigenvalue weighted by atomic mass is 35.5. The zero-order valence-corrected chi connectivity index (χ0v) is 22.6. The molecule has 1 atom stereocenters. The Bertz CT molecular complexity index is 1140. The molecule has 2 heterocycles. The van der Waals surface area contributed by atoms with Crippen LogP contribution in [0.1, 0.15) is 48.8 Å². The lowest BCUT2D eigenvalue weighted by Gasteiger charge is -2.35. The van der Waals surface area contributed by atoms with Crippen LogP contribution in [0, 0.1) is 5.41 Å². The molecule has 0 spiro atoms. The number of nitrogens with zero attached hydrogens (tertiary/aromatic N) is 2. The van der Waals surface area contributed by atoms with Crippen molar-refractivity contribution < 1.29 is 27.9 Å². The third-order valence-electron chi connectivity index (χ3n) is 7.92. The number of nitrogens with one attached hydrogen (secondary N) is 1. The maximum absolute atomic E-state index is 13.6. The van der Waals surface area contributed by atoms with E-state index < -0.39 is 23.1 Å². The van der Waals surface area contributed by atoms with E-state index in [2.05, 4.69) is 22.3 Å². The highest BCUT2D eigenvalue weighted by Gasteiger charge is 2.47. The van der Waals surface area contributed by atoms with Gasteiger partial charge in [0.15, 0.2) is 0 Å². The number of aryl methyl sites for hydroxylation is 1. The summed E-state index contributed by atoms with van der Waals surface area (Å²) in [6.45, 7) is 2.95. The van der Waals surface area contributed by atoms with Crippen molar-refractivity contribution in [2.75, 3.05) is 32.7 Å². The van der Waals surface area contributed by atoms with Crippen molar-refractivity contribution in [1.82, 2.24) is 15.1 Å². The fraction of sp³-hybridized carbons (Fsp3) is 0.517. The van der Waals surface area contributed by atoms with Crippen molar-refractivity contribution in [2.24, 2.45) is 5.41 Å². The Labute approximate surface area is 232 Å². The highest BCUT2D eigenvalue weighted by Crippen LogP contribution is 2.39. The van der Waals surface area contributed by atoms with Crippen LogP contribution in [0.25, 0.3) is 0 Å². The summed E-state index contributed by atoms with van der Waals surface area (Å²) in [5.74, 6) is -1.43. The molecule has 0 unspecified atom stereocenters.